The van der Waals surface area contributed by atoms with E-state index in [1.165, 1.54) is 0 Å². The molecule has 0 saturated carbocycles. The molecule has 1 aliphatic heterocycles. The van der Waals surface area contributed by atoms with Crippen molar-refractivity contribution < 1.29 is 14.7 Å². The second kappa shape index (κ2) is 7.11. The Morgan fingerprint density at radius 2 is 2.18 bits per heavy atom. The fourth-order valence-corrected chi connectivity index (χ4v) is 1.78. The zero-order chi connectivity index (χ0) is 12.7. The van der Waals surface area contributed by atoms with E-state index in [0.29, 0.717) is 13.0 Å². The van der Waals surface area contributed by atoms with E-state index >= 15 is 0 Å². The van der Waals surface area contributed by atoms with Crippen LogP contribution in [0.5, 0.6) is 0 Å². The van der Waals surface area contributed by atoms with E-state index < -0.39 is 11.9 Å². The van der Waals surface area contributed by atoms with Crippen LogP contribution in [0.3, 0.4) is 0 Å². The van der Waals surface area contributed by atoms with Gasteiger partial charge in [0.15, 0.2) is 0 Å². The van der Waals surface area contributed by atoms with Crippen LogP contribution in [-0.2, 0) is 4.79 Å². The highest BCUT2D eigenvalue weighted by molar-refractivity contribution is 5.76. The van der Waals surface area contributed by atoms with Gasteiger partial charge in [-0.15, -0.1) is 0 Å². The summed E-state index contributed by atoms with van der Waals surface area (Å²) in [4.78, 5) is 24.3. The summed E-state index contributed by atoms with van der Waals surface area (Å²) in [5, 5.41) is 14.8. The number of aliphatic carboxylic acids is 1. The third-order valence-electron chi connectivity index (χ3n) is 2.97. The molecule has 3 N–H and O–H groups in total. The number of hydrogen-bond donors (Lipinski definition) is 3. The van der Waals surface area contributed by atoms with Gasteiger partial charge >= 0.3 is 12.0 Å². The lowest BCUT2D eigenvalue weighted by Crippen LogP contribution is -2.44. The Balaban J connectivity index is 2.34. The smallest absolute Gasteiger partial charge is 0.317 e. The molecule has 6 heteroatoms. The van der Waals surface area contributed by atoms with Crippen LogP contribution in [0, 0.1) is 5.92 Å². The Hall–Kier alpha value is -1.30. The molecule has 0 bridgehead atoms. The summed E-state index contributed by atoms with van der Waals surface area (Å²) < 4.78 is 0. The van der Waals surface area contributed by atoms with Crippen LogP contribution in [0.2, 0.25) is 0 Å². The van der Waals surface area contributed by atoms with Crippen molar-refractivity contribution in [1.29, 1.82) is 0 Å². The molecule has 0 spiro atoms. The Morgan fingerprint density at radius 3 is 2.82 bits per heavy atom. The minimum atomic E-state index is -0.856. The van der Waals surface area contributed by atoms with Crippen molar-refractivity contribution in [3.63, 3.8) is 0 Å². The van der Waals surface area contributed by atoms with Crippen LogP contribution in [0.1, 0.15) is 19.8 Å². The molecule has 1 unspecified atom stereocenters. The zero-order valence-electron chi connectivity index (χ0n) is 10.2. The summed E-state index contributed by atoms with van der Waals surface area (Å²) in [5.74, 6) is -1.35. The minimum absolute atomic E-state index is 0.159. The molecule has 0 aromatic rings. The summed E-state index contributed by atoms with van der Waals surface area (Å²) >= 11 is 0. The predicted molar refractivity (Wildman–Crippen MR) is 63.9 cm³/mol. The van der Waals surface area contributed by atoms with Gasteiger partial charge in [-0.25, -0.2) is 4.79 Å². The number of carboxylic acid groups (broad SMARTS) is 1. The molecule has 0 radical (unpaired) electrons. The Labute approximate surface area is 101 Å². The minimum Gasteiger partial charge on any atom is -0.481 e. The average molecular weight is 243 g/mol. The Kier molecular flexibility index (Phi) is 5.76. The summed E-state index contributed by atoms with van der Waals surface area (Å²) in [6.45, 7) is 5.13. The molecule has 1 fully saturated rings. The third-order valence-corrected chi connectivity index (χ3v) is 2.97. The number of urea groups is 1. The maximum atomic E-state index is 11.8. The first-order chi connectivity index (χ1) is 8.15. The van der Waals surface area contributed by atoms with Gasteiger partial charge in [0, 0.05) is 26.2 Å². The summed E-state index contributed by atoms with van der Waals surface area (Å²) in [6, 6.07) is -0.159. The van der Waals surface area contributed by atoms with Crippen LogP contribution in [0.15, 0.2) is 0 Å². The normalized spacial score (nSPS) is 18.3. The third kappa shape index (κ3) is 4.60. The van der Waals surface area contributed by atoms with Gasteiger partial charge in [-0.05, 0) is 19.4 Å². The van der Waals surface area contributed by atoms with Gasteiger partial charge in [0.25, 0.3) is 0 Å². The highest BCUT2D eigenvalue weighted by atomic mass is 16.4. The summed E-state index contributed by atoms with van der Waals surface area (Å²) in [5.41, 5.74) is 0. The number of nitrogens with one attached hydrogen (secondary N) is 2. The number of carbonyl (C=O) groups is 2. The van der Waals surface area contributed by atoms with Gasteiger partial charge in [0.2, 0.25) is 0 Å². The molecule has 0 aliphatic carbocycles. The van der Waals surface area contributed by atoms with Crippen LogP contribution in [0.4, 0.5) is 4.79 Å². The van der Waals surface area contributed by atoms with E-state index in [4.69, 9.17) is 5.11 Å². The molecule has 2 amide bonds. The first-order valence-corrected chi connectivity index (χ1v) is 6.11. The molecule has 98 valence electrons. The second-order valence-electron chi connectivity index (χ2n) is 4.22. The van der Waals surface area contributed by atoms with E-state index in [2.05, 4.69) is 10.6 Å². The monoisotopic (exact) mass is 243 g/mol. The molecule has 1 saturated heterocycles. The lowest BCUT2D eigenvalue weighted by atomic mass is 10.1. The predicted octanol–water partition coefficient (Wildman–Crippen LogP) is 0.102. The second-order valence-corrected chi connectivity index (χ2v) is 4.22. The van der Waals surface area contributed by atoms with Crippen LogP contribution in [-0.4, -0.2) is 54.7 Å². The Morgan fingerprint density at radius 1 is 1.41 bits per heavy atom. The van der Waals surface area contributed by atoms with Crippen molar-refractivity contribution in [1.82, 2.24) is 15.5 Å². The van der Waals surface area contributed by atoms with Gasteiger partial charge in [0.1, 0.15) is 0 Å². The van der Waals surface area contributed by atoms with Gasteiger partial charge < -0.3 is 20.6 Å². The van der Waals surface area contributed by atoms with Crippen molar-refractivity contribution in [2.75, 3.05) is 32.7 Å². The quantitative estimate of drug-likeness (QED) is 0.654. The van der Waals surface area contributed by atoms with E-state index in [-0.39, 0.29) is 12.6 Å². The average Bonchev–Trinajstić information content (AvgIpc) is 2.57. The number of hydrogen-bond acceptors (Lipinski definition) is 3. The van der Waals surface area contributed by atoms with Crippen molar-refractivity contribution in [2.24, 2.45) is 5.92 Å². The van der Waals surface area contributed by atoms with Crippen LogP contribution in [0.25, 0.3) is 0 Å². The first kappa shape index (κ1) is 13.8. The molecule has 6 nitrogen and oxygen atoms in total. The van der Waals surface area contributed by atoms with E-state index in [9.17, 15) is 9.59 Å². The fraction of sp³-hybridized carbons (Fsp3) is 0.818. The molecule has 17 heavy (non-hydrogen) atoms. The lowest BCUT2D eigenvalue weighted by Gasteiger charge is -2.21. The molecule has 0 aromatic carbocycles. The topological polar surface area (TPSA) is 81.7 Å². The van der Waals surface area contributed by atoms with Crippen molar-refractivity contribution in [3.8, 4) is 0 Å². The lowest BCUT2D eigenvalue weighted by molar-refractivity contribution is -0.141. The van der Waals surface area contributed by atoms with Crippen molar-refractivity contribution in [2.45, 2.75) is 19.8 Å². The summed E-state index contributed by atoms with van der Waals surface area (Å²) in [6.07, 6.45) is 1.46. The van der Waals surface area contributed by atoms with Gasteiger partial charge in [0.05, 0.1) is 5.92 Å². The maximum absolute atomic E-state index is 11.8. The standard InChI is InChI=1S/C11H21N3O3/c1-2-9(10(15)16)8-13-11(17)14-6-3-4-12-5-7-14/h9,12H,2-8H2,1H3,(H,13,17)(H,15,16). The number of carbonyl (C=O) groups excluding carboxylic acids is 1. The molecule has 1 aliphatic rings. The van der Waals surface area contributed by atoms with Gasteiger partial charge in [-0.3, -0.25) is 4.79 Å². The highest BCUT2D eigenvalue weighted by Gasteiger charge is 2.19. The molecule has 1 heterocycles. The first-order valence-electron chi connectivity index (χ1n) is 6.11. The number of amides is 2. The van der Waals surface area contributed by atoms with E-state index in [1.54, 1.807) is 11.8 Å². The number of nitrogens with zero attached hydrogens (tertiary/aromatic N) is 1. The summed E-state index contributed by atoms with van der Waals surface area (Å²) in [7, 11) is 0. The van der Waals surface area contributed by atoms with Crippen LogP contribution >= 0.6 is 0 Å². The van der Waals surface area contributed by atoms with Crippen molar-refractivity contribution in [3.05, 3.63) is 0 Å². The molecule has 0 aromatic heterocycles. The molecular formula is C11H21N3O3. The zero-order valence-corrected chi connectivity index (χ0v) is 10.2. The largest absolute Gasteiger partial charge is 0.481 e. The van der Waals surface area contributed by atoms with Gasteiger partial charge in [-0.1, -0.05) is 6.92 Å². The van der Waals surface area contributed by atoms with Gasteiger partial charge in [-0.2, -0.15) is 0 Å². The highest BCUT2D eigenvalue weighted by Crippen LogP contribution is 2.02. The maximum Gasteiger partial charge on any atom is 0.317 e. The van der Waals surface area contributed by atoms with E-state index in [1.807, 2.05) is 0 Å². The SMILES string of the molecule is CCC(CNC(=O)N1CCCNCC1)C(=O)O. The van der Waals surface area contributed by atoms with Crippen molar-refractivity contribution >= 4 is 12.0 Å². The van der Waals surface area contributed by atoms with E-state index in [0.717, 1.165) is 26.1 Å². The Bertz CT molecular complexity index is 263. The van der Waals surface area contributed by atoms with Crippen LogP contribution < -0.4 is 10.6 Å². The molecule has 1 atom stereocenters. The number of carboxylic acids is 1. The number of rotatable bonds is 4. The fourth-order valence-electron chi connectivity index (χ4n) is 1.78. The molecule has 1 rings (SSSR count). The molecular weight excluding hydrogens is 222 g/mol.